The number of nitrogens with one attached hydrogen (secondary N) is 1. The van der Waals surface area contributed by atoms with E-state index in [1.54, 1.807) is 0 Å². The second kappa shape index (κ2) is 6.87. The maximum absolute atomic E-state index is 12.9. The third kappa shape index (κ3) is 3.82. The summed E-state index contributed by atoms with van der Waals surface area (Å²) in [5, 5.41) is 12.0. The first-order valence-corrected chi connectivity index (χ1v) is 7.33. The molecule has 120 valence electrons. The average molecular weight is 309 g/mol. The number of carboxylic acids is 1. The summed E-state index contributed by atoms with van der Waals surface area (Å²) in [4.78, 5) is 23.6. The van der Waals surface area contributed by atoms with E-state index in [1.165, 1.54) is 24.3 Å². The molecule has 6 heteroatoms. The molecular formula is C16H20FNO4. The zero-order valence-corrected chi connectivity index (χ0v) is 12.5. The van der Waals surface area contributed by atoms with Crippen LogP contribution in [-0.4, -0.2) is 36.7 Å². The maximum Gasteiger partial charge on any atom is 0.312 e. The van der Waals surface area contributed by atoms with Crippen LogP contribution in [0.2, 0.25) is 0 Å². The molecule has 0 heterocycles. The van der Waals surface area contributed by atoms with E-state index in [9.17, 15) is 19.1 Å². The number of ether oxygens (including phenoxy) is 1. The van der Waals surface area contributed by atoms with Crippen LogP contribution < -0.4 is 5.32 Å². The Balaban J connectivity index is 1.96. The van der Waals surface area contributed by atoms with E-state index < -0.39 is 23.1 Å². The molecule has 22 heavy (non-hydrogen) atoms. The van der Waals surface area contributed by atoms with E-state index in [0.29, 0.717) is 18.8 Å². The van der Waals surface area contributed by atoms with Crippen molar-refractivity contribution in [2.24, 2.45) is 5.41 Å². The van der Waals surface area contributed by atoms with Gasteiger partial charge >= 0.3 is 5.97 Å². The molecule has 1 saturated carbocycles. The summed E-state index contributed by atoms with van der Waals surface area (Å²) in [6, 6.07) is 5.27. The third-order valence-electron chi connectivity index (χ3n) is 3.95. The van der Waals surface area contributed by atoms with Crippen LogP contribution in [0.4, 0.5) is 4.39 Å². The highest BCUT2D eigenvalue weighted by atomic mass is 19.1. The second-order valence-corrected chi connectivity index (χ2v) is 5.57. The Morgan fingerprint density at radius 2 is 2.00 bits per heavy atom. The van der Waals surface area contributed by atoms with Gasteiger partial charge in [-0.15, -0.1) is 0 Å². The molecular weight excluding hydrogens is 289 g/mol. The van der Waals surface area contributed by atoms with Crippen LogP contribution in [0.15, 0.2) is 24.3 Å². The molecule has 0 bridgehead atoms. The van der Waals surface area contributed by atoms with Gasteiger partial charge in [0.05, 0.1) is 17.9 Å². The molecule has 0 aliphatic heterocycles. The van der Waals surface area contributed by atoms with E-state index in [2.05, 4.69) is 5.32 Å². The van der Waals surface area contributed by atoms with Crippen molar-refractivity contribution in [3.63, 3.8) is 0 Å². The summed E-state index contributed by atoms with van der Waals surface area (Å²) in [5.74, 6) is -2.55. The van der Waals surface area contributed by atoms with Gasteiger partial charge in [-0.3, -0.25) is 9.59 Å². The first-order valence-electron chi connectivity index (χ1n) is 7.33. The lowest BCUT2D eigenvalue weighted by Crippen LogP contribution is -2.38. The Hall–Kier alpha value is -1.95. The third-order valence-corrected chi connectivity index (χ3v) is 3.95. The van der Waals surface area contributed by atoms with Gasteiger partial charge in [0.15, 0.2) is 0 Å². The lowest BCUT2D eigenvalue weighted by molar-refractivity contribution is -0.139. The first-order chi connectivity index (χ1) is 10.5. The fourth-order valence-electron chi connectivity index (χ4n) is 2.31. The predicted octanol–water partition coefficient (Wildman–Crippen LogP) is 1.93. The second-order valence-electron chi connectivity index (χ2n) is 5.57. The zero-order chi connectivity index (χ0) is 16.2. The van der Waals surface area contributed by atoms with Gasteiger partial charge in [0.25, 0.3) is 0 Å². The molecule has 1 aliphatic carbocycles. The normalized spacial score (nSPS) is 16.8. The molecule has 1 aliphatic rings. The van der Waals surface area contributed by atoms with Gasteiger partial charge in [0.2, 0.25) is 5.91 Å². The summed E-state index contributed by atoms with van der Waals surface area (Å²) < 4.78 is 18.2. The molecule has 0 radical (unpaired) electrons. The number of halogens is 1. The van der Waals surface area contributed by atoms with Crippen molar-refractivity contribution in [1.29, 1.82) is 0 Å². The van der Waals surface area contributed by atoms with Crippen molar-refractivity contribution in [3.8, 4) is 0 Å². The van der Waals surface area contributed by atoms with E-state index in [4.69, 9.17) is 4.74 Å². The van der Waals surface area contributed by atoms with Crippen LogP contribution >= 0.6 is 0 Å². The fourth-order valence-corrected chi connectivity index (χ4v) is 2.31. The van der Waals surface area contributed by atoms with Crippen LogP contribution in [-0.2, 0) is 14.3 Å². The standard InChI is InChI=1S/C16H20FNO4/c1-2-22-10-16(7-8-16)15(21)18-9-13(14(19)20)11-3-5-12(17)6-4-11/h3-6,13H,2,7-10H2,1H3,(H,18,21)(H,19,20). The van der Waals surface area contributed by atoms with Gasteiger partial charge < -0.3 is 15.2 Å². The minimum atomic E-state index is -1.05. The van der Waals surface area contributed by atoms with Crippen molar-refractivity contribution in [3.05, 3.63) is 35.6 Å². The van der Waals surface area contributed by atoms with Crippen LogP contribution in [0.1, 0.15) is 31.2 Å². The number of carbonyl (C=O) groups excluding carboxylic acids is 1. The number of hydrogen-bond acceptors (Lipinski definition) is 3. The Morgan fingerprint density at radius 3 is 2.50 bits per heavy atom. The maximum atomic E-state index is 12.9. The zero-order valence-electron chi connectivity index (χ0n) is 12.5. The number of rotatable bonds is 8. The molecule has 0 saturated heterocycles. The van der Waals surface area contributed by atoms with E-state index >= 15 is 0 Å². The molecule has 5 nitrogen and oxygen atoms in total. The SMILES string of the molecule is CCOCC1(C(=O)NCC(C(=O)O)c2ccc(F)cc2)CC1. The van der Waals surface area contributed by atoms with Crippen LogP contribution in [0.5, 0.6) is 0 Å². The number of carboxylic acid groups (broad SMARTS) is 1. The van der Waals surface area contributed by atoms with Crippen molar-refractivity contribution < 1.29 is 23.8 Å². The number of aliphatic carboxylic acids is 1. The van der Waals surface area contributed by atoms with Gasteiger partial charge in [0.1, 0.15) is 5.82 Å². The molecule has 2 N–H and O–H groups in total. The molecule has 1 fully saturated rings. The summed E-state index contributed by atoms with van der Waals surface area (Å²) in [6.45, 7) is 2.75. The highest BCUT2D eigenvalue weighted by Crippen LogP contribution is 2.46. The molecule has 1 unspecified atom stereocenters. The molecule has 0 spiro atoms. The number of carbonyl (C=O) groups is 2. The van der Waals surface area contributed by atoms with Crippen molar-refractivity contribution >= 4 is 11.9 Å². The van der Waals surface area contributed by atoms with E-state index in [0.717, 1.165) is 12.8 Å². The van der Waals surface area contributed by atoms with Crippen molar-refractivity contribution in [2.45, 2.75) is 25.7 Å². The van der Waals surface area contributed by atoms with Gasteiger partial charge in [-0.05, 0) is 37.5 Å². The molecule has 1 aromatic rings. The van der Waals surface area contributed by atoms with Gasteiger partial charge in [-0.25, -0.2) is 4.39 Å². The Morgan fingerprint density at radius 1 is 1.36 bits per heavy atom. The van der Waals surface area contributed by atoms with Gasteiger partial charge in [-0.2, -0.15) is 0 Å². The molecule has 1 aromatic carbocycles. The summed E-state index contributed by atoms with van der Waals surface area (Å²) in [5.41, 5.74) is -0.0363. The predicted molar refractivity (Wildman–Crippen MR) is 77.9 cm³/mol. The molecule has 0 aromatic heterocycles. The highest BCUT2D eigenvalue weighted by Gasteiger charge is 2.50. The quantitative estimate of drug-likeness (QED) is 0.769. The van der Waals surface area contributed by atoms with E-state index in [1.807, 2.05) is 6.92 Å². The molecule has 1 amide bonds. The summed E-state index contributed by atoms with van der Waals surface area (Å²) >= 11 is 0. The van der Waals surface area contributed by atoms with Crippen LogP contribution in [0.3, 0.4) is 0 Å². The number of benzene rings is 1. The smallest absolute Gasteiger partial charge is 0.312 e. The average Bonchev–Trinajstić information content (AvgIpc) is 3.28. The topological polar surface area (TPSA) is 75.6 Å². The lowest BCUT2D eigenvalue weighted by Gasteiger charge is -2.18. The van der Waals surface area contributed by atoms with Crippen LogP contribution in [0.25, 0.3) is 0 Å². The van der Waals surface area contributed by atoms with Crippen molar-refractivity contribution in [1.82, 2.24) is 5.32 Å². The van der Waals surface area contributed by atoms with Gasteiger partial charge in [0, 0.05) is 13.2 Å². The Bertz CT molecular complexity index is 540. The lowest BCUT2D eigenvalue weighted by atomic mass is 9.98. The fraction of sp³-hybridized carbons (Fsp3) is 0.500. The monoisotopic (exact) mass is 309 g/mol. The number of hydrogen-bond donors (Lipinski definition) is 2. The Kier molecular flexibility index (Phi) is 5.13. The molecule has 2 rings (SSSR count). The minimum absolute atomic E-state index is 0.0202. The van der Waals surface area contributed by atoms with Crippen molar-refractivity contribution in [2.75, 3.05) is 19.8 Å². The summed E-state index contributed by atoms with van der Waals surface area (Å²) in [7, 11) is 0. The Labute approximate surface area is 128 Å². The van der Waals surface area contributed by atoms with Crippen LogP contribution in [0, 0.1) is 11.2 Å². The largest absolute Gasteiger partial charge is 0.481 e. The summed E-state index contributed by atoms with van der Waals surface area (Å²) in [6.07, 6.45) is 1.51. The minimum Gasteiger partial charge on any atom is -0.481 e. The first kappa shape index (κ1) is 16.4. The van der Waals surface area contributed by atoms with Gasteiger partial charge in [-0.1, -0.05) is 12.1 Å². The molecule has 1 atom stereocenters. The van der Waals surface area contributed by atoms with E-state index in [-0.39, 0.29) is 12.5 Å². The highest BCUT2D eigenvalue weighted by molar-refractivity contribution is 5.86. The number of amides is 1.